The van der Waals surface area contributed by atoms with Gasteiger partial charge in [0.2, 0.25) is 0 Å². The number of hydrogen-bond acceptors (Lipinski definition) is 3. The fourth-order valence-electron chi connectivity index (χ4n) is 2.15. The van der Waals surface area contributed by atoms with Crippen LogP contribution in [0, 0.1) is 6.92 Å². The minimum Gasteiger partial charge on any atom is -0.376 e. The third kappa shape index (κ3) is 6.63. The smallest absolute Gasteiger partial charge is 0.259 e. The first kappa shape index (κ1) is 19.7. The Labute approximate surface area is 165 Å². The molecule has 2 aromatic carbocycles. The molecule has 25 heavy (non-hydrogen) atoms. The number of hydrogen-bond donors (Lipinski definition) is 2. The largest absolute Gasteiger partial charge is 0.376 e. The average Bonchev–Trinajstić information content (AvgIpc) is 2.61. The minimum absolute atomic E-state index is 0.164. The number of anilines is 1. The molecule has 0 saturated carbocycles. The van der Waals surface area contributed by atoms with Crippen LogP contribution in [0.3, 0.4) is 0 Å². The SMILES string of the molecule is CC(CCc1ccccc1)=NNC(=O)CNc1cc(Br)c(C)c(Br)c1. The van der Waals surface area contributed by atoms with Crippen molar-refractivity contribution in [1.82, 2.24) is 5.43 Å². The minimum atomic E-state index is -0.174. The Kier molecular flexibility index (Phi) is 7.65. The molecule has 0 aliphatic heterocycles. The van der Waals surface area contributed by atoms with Crippen LogP contribution in [0.4, 0.5) is 5.69 Å². The highest BCUT2D eigenvalue weighted by molar-refractivity contribution is 9.11. The van der Waals surface area contributed by atoms with Gasteiger partial charge in [0.1, 0.15) is 0 Å². The molecule has 0 aliphatic rings. The normalized spacial score (nSPS) is 11.3. The van der Waals surface area contributed by atoms with E-state index in [0.29, 0.717) is 0 Å². The molecule has 0 unspecified atom stereocenters. The van der Waals surface area contributed by atoms with Gasteiger partial charge in [0.25, 0.3) is 5.91 Å². The van der Waals surface area contributed by atoms with E-state index in [1.807, 2.05) is 44.2 Å². The molecule has 2 aromatic rings. The van der Waals surface area contributed by atoms with Crippen LogP contribution in [0.2, 0.25) is 0 Å². The van der Waals surface area contributed by atoms with Crippen LogP contribution in [0.5, 0.6) is 0 Å². The maximum absolute atomic E-state index is 11.9. The molecule has 0 spiro atoms. The molecule has 0 aliphatic carbocycles. The number of nitrogens with one attached hydrogen (secondary N) is 2. The zero-order valence-corrected chi connectivity index (χ0v) is 17.4. The summed E-state index contributed by atoms with van der Waals surface area (Å²) in [5, 5.41) is 7.25. The lowest BCUT2D eigenvalue weighted by molar-refractivity contribution is -0.119. The lowest BCUT2D eigenvalue weighted by Crippen LogP contribution is -2.26. The quantitative estimate of drug-likeness (QED) is 0.442. The molecule has 132 valence electrons. The van der Waals surface area contributed by atoms with Gasteiger partial charge in [-0.25, -0.2) is 5.43 Å². The Morgan fingerprint density at radius 1 is 1.12 bits per heavy atom. The Bertz CT molecular complexity index is 738. The number of carbonyl (C=O) groups is 1. The van der Waals surface area contributed by atoms with E-state index in [-0.39, 0.29) is 12.5 Å². The predicted molar refractivity (Wildman–Crippen MR) is 111 cm³/mol. The molecule has 0 fully saturated rings. The molecular weight excluding hydrogens is 446 g/mol. The van der Waals surface area contributed by atoms with Gasteiger partial charge in [-0.15, -0.1) is 0 Å². The van der Waals surface area contributed by atoms with Crippen molar-refractivity contribution in [3.05, 3.63) is 62.5 Å². The van der Waals surface area contributed by atoms with E-state index in [4.69, 9.17) is 0 Å². The first-order chi connectivity index (χ1) is 12.0. The van der Waals surface area contributed by atoms with E-state index in [9.17, 15) is 4.79 Å². The van der Waals surface area contributed by atoms with Crippen LogP contribution < -0.4 is 10.7 Å². The zero-order valence-electron chi connectivity index (χ0n) is 14.3. The zero-order chi connectivity index (χ0) is 18.2. The molecule has 6 heteroatoms. The number of amides is 1. The third-order valence-corrected chi connectivity index (χ3v) is 5.37. The Balaban J connectivity index is 1.78. The molecule has 2 rings (SSSR count). The van der Waals surface area contributed by atoms with Gasteiger partial charge in [-0.3, -0.25) is 4.79 Å². The molecule has 0 radical (unpaired) electrons. The van der Waals surface area contributed by atoms with E-state index in [2.05, 4.69) is 59.8 Å². The lowest BCUT2D eigenvalue weighted by atomic mass is 10.1. The second-order valence-corrected chi connectivity index (χ2v) is 7.49. The highest BCUT2D eigenvalue weighted by Gasteiger charge is 2.05. The number of rotatable bonds is 7. The number of nitrogens with zero attached hydrogens (tertiary/aromatic N) is 1. The van der Waals surface area contributed by atoms with Crippen LogP contribution >= 0.6 is 31.9 Å². The number of halogens is 2. The molecule has 0 heterocycles. The monoisotopic (exact) mass is 465 g/mol. The summed E-state index contributed by atoms with van der Waals surface area (Å²) >= 11 is 7.00. The van der Waals surface area contributed by atoms with Crippen molar-refractivity contribution in [1.29, 1.82) is 0 Å². The van der Waals surface area contributed by atoms with Gasteiger partial charge >= 0.3 is 0 Å². The summed E-state index contributed by atoms with van der Waals surface area (Å²) in [5.74, 6) is -0.174. The molecule has 0 saturated heterocycles. The van der Waals surface area contributed by atoms with Gasteiger partial charge in [0.05, 0.1) is 6.54 Å². The van der Waals surface area contributed by atoms with Crippen molar-refractivity contribution < 1.29 is 4.79 Å². The van der Waals surface area contributed by atoms with E-state index < -0.39 is 0 Å². The Morgan fingerprint density at radius 2 is 1.76 bits per heavy atom. The van der Waals surface area contributed by atoms with Gasteiger partial charge in [0.15, 0.2) is 0 Å². The van der Waals surface area contributed by atoms with Gasteiger partial charge in [-0.2, -0.15) is 5.10 Å². The first-order valence-corrected chi connectivity index (χ1v) is 9.59. The number of aryl methyl sites for hydroxylation is 1. The fraction of sp³-hybridized carbons (Fsp3) is 0.263. The van der Waals surface area contributed by atoms with Crippen LogP contribution in [0.1, 0.15) is 24.5 Å². The lowest BCUT2D eigenvalue weighted by Gasteiger charge is -2.09. The van der Waals surface area contributed by atoms with E-state index in [0.717, 1.165) is 38.7 Å². The van der Waals surface area contributed by atoms with Gasteiger partial charge in [-0.1, -0.05) is 62.2 Å². The topological polar surface area (TPSA) is 53.5 Å². The molecule has 0 aromatic heterocycles. The van der Waals surface area contributed by atoms with Crippen molar-refractivity contribution in [2.24, 2.45) is 5.10 Å². The molecular formula is C19H21Br2N3O. The van der Waals surface area contributed by atoms with Crippen molar-refractivity contribution in [3.63, 3.8) is 0 Å². The second kappa shape index (κ2) is 9.73. The second-order valence-electron chi connectivity index (χ2n) is 5.79. The number of hydrazone groups is 1. The summed E-state index contributed by atoms with van der Waals surface area (Å²) in [5.41, 5.74) is 6.74. The van der Waals surface area contributed by atoms with Crippen molar-refractivity contribution in [2.75, 3.05) is 11.9 Å². The summed E-state index contributed by atoms with van der Waals surface area (Å²) in [6.07, 6.45) is 1.73. The summed E-state index contributed by atoms with van der Waals surface area (Å²) in [6.45, 7) is 4.10. The van der Waals surface area contributed by atoms with E-state index in [1.54, 1.807) is 0 Å². The van der Waals surface area contributed by atoms with E-state index in [1.165, 1.54) is 5.56 Å². The Morgan fingerprint density at radius 3 is 2.40 bits per heavy atom. The van der Waals surface area contributed by atoms with Crippen LogP contribution in [0.15, 0.2) is 56.5 Å². The molecule has 0 bridgehead atoms. The predicted octanol–water partition coefficient (Wildman–Crippen LogP) is 5.06. The van der Waals surface area contributed by atoms with Gasteiger partial charge < -0.3 is 5.32 Å². The molecule has 2 N–H and O–H groups in total. The van der Waals surface area contributed by atoms with Crippen LogP contribution in [-0.4, -0.2) is 18.2 Å². The van der Waals surface area contributed by atoms with E-state index >= 15 is 0 Å². The third-order valence-electron chi connectivity index (χ3n) is 3.72. The van der Waals surface area contributed by atoms with Crippen LogP contribution in [0.25, 0.3) is 0 Å². The summed E-state index contributed by atoms with van der Waals surface area (Å²) in [4.78, 5) is 11.9. The standard InChI is InChI=1S/C19H21Br2N3O/c1-13(8-9-15-6-4-3-5-7-15)23-24-19(25)12-22-16-10-17(20)14(2)18(21)11-16/h3-7,10-11,22H,8-9,12H2,1-2H3,(H,24,25). The van der Waals surface area contributed by atoms with Gasteiger partial charge in [0, 0.05) is 20.3 Å². The van der Waals surface area contributed by atoms with Crippen molar-refractivity contribution >= 4 is 49.2 Å². The maximum atomic E-state index is 11.9. The van der Waals surface area contributed by atoms with Crippen molar-refractivity contribution in [2.45, 2.75) is 26.7 Å². The summed E-state index contributed by atoms with van der Waals surface area (Å²) in [7, 11) is 0. The maximum Gasteiger partial charge on any atom is 0.259 e. The summed E-state index contributed by atoms with van der Waals surface area (Å²) in [6, 6.07) is 14.1. The highest BCUT2D eigenvalue weighted by atomic mass is 79.9. The molecule has 4 nitrogen and oxygen atoms in total. The summed E-state index contributed by atoms with van der Waals surface area (Å²) < 4.78 is 1.97. The molecule has 1 amide bonds. The first-order valence-electron chi connectivity index (χ1n) is 8.01. The number of carbonyl (C=O) groups excluding carboxylic acids is 1. The number of benzene rings is 2. The average molecular weight is 467 g/mol. The molecule has 0 atom stereocenters. The fourth-order valence-corrected chi connectivity index (χ4v) is 3.34. The van der Waals surface area contributed by atoms with Crippen molar-refractivity contribution in [3.8, 4) is 0 Å². The highest BCUT2D eigenvalue weighted by Crippen LogP contribution is 2.28. The van der Waals surface area contributed by atoms with Gasteiger partial charge in [-0.05, 0) is 49.9 Å². The van der Waals surface area contributed by atoms with Crippen LogP contribution in [-0.2, 0) is 11.2 Å². The Hall–Kier alpha value is -1.66.